The molecule has 4 heterocycles. The number of carboxylic acid groups (broad SMARTS) is 1. The highest BCUT2D eigenvalue weighted by Crippen LogP contribution is 2.37. The van der Waals surface area contributed by atoms with Crippen molar-refractivity contribution in [1.82, 2.24) is 18.9 Å². The molecular formula is C28H35N5O4. The molecule has 4 aromatic heterocycles. The van der Waals surface area contributed by atoms with E-state index < -0.39 is 5.97 Å². The highest BCUT2D eigenvalue weighted by atomic mass is 16.5. The Labute approximate surface area is 216 Å². The van der Waals surface area contributed by atoms with Crippen molar-refractivity contribution in [2.75, 3.05) is 7.11 Å². The molecule has 1 fully saturated rings. The summed E-state index contributed by atoms with van der Waals surface area (Å²) in [5.74, 6) is -0.126. The highest BCUT2D eigenvalue weighted by Gasteiger charge is 2.26. The number of imidazole rings is 1. The molecule has 0 spiro atoms. The second-order valence-electron chi connectivity index (χ2n) is 10.6. The number of carbonyl (C=O) groups excluding carboxylic acids is 1. The van der Waals surface area contributed by atoms with Crippen LogP contribution in [0.5, 0.6) is 5.88 Å². The van der Waals surface area contributed by atoms with Gasteiger partial charge in [0.25, 0.3) is 0 Å². The predicted molar refractivity (Wildman–Crippen MR) is 143 cm³/mol. The number of carboxylic acids is 1. The van der Waals surface area contributed by atoms with E-state index in [1.54, 1.807) is 33.9 Å². The third-order valence-electron chi connectivity index (χ3n) is 6.66. The first kappa shape index (κ1) is 26.2. The molecule has 1 saturated carbocycles. The van der Waals surface area contributed by atoms with Crippen molar-refractivity contribution in [3.63, 3.8) is 0 Å². The van der Waals surface area contributed by atoms with E-state index in [-0.39, 0.29) is 16.9 Å². The number of fused-ring (bicyclic) bond motifs is 2. The molecule has 1 aliphatic rings. The van der Waals surface area contributed by atoms with E-state index in [1.165, 1.54) is 18.9 Å². The summed E-state index contributed by atoms with van der Waals surface area (Å²) < 4.78 is 9.63. The number of rotatable bonds is 6. The molecule has 0 aliphatic heterocycles. The maximum Gasteiger partial charge on any atom is 0.336 e. The van der Waals surface area contributed by atoms with Crippen LogP contribution >= 0.6 is 0 Å². The van der Waals surface area contributed by atoms with Gasteiger partial charge in [0.1, 0.15) is 17.0 Å². The summed E-state index contributed by atoms with van der Waals surface area (Å²) in [6.07, 6.45) is 3.38. The molecule has 0 aromatic carbocycles. The minimum atomic E-state index is -1.00. The quantitative estimate of drug-likeness (QED) is 0.386. The van der Waals surface area contributed by atoms with Gasteiger partial charge in [-0.15, -0.1) is 0 Å². The molecule has 0 unspecified atom stereocenters. The third-order valence-corrected chi connectivity index (χ3v) is 6.66. The average Bonchev–Trinajstić information content (AvgIpc) is 3.52. The molecule has 196 valence electrons. The molecule has 9 nitrogen and oxygen atoms in total. The molecule has 37 heavy (non-hydrogen) atoms. The SMILES string of the molecule is CC(C)(C)C(N)=O.CCc1ccc2cc(-c3nc4cc(C(=O)O)cc(OC)n4c3C)n(CC3CC3)c2n1. The number of nitrogens with zero attached hydrogens (tertiary/aromatic N) is 4. The van der Waals surface area contributed by atoms with Gasteiger partial charge in [0.15, 0.2) is 5.88 Å². The van der Waals surface area contributed by atoms with E-state index >= 15 is 0 Å². The van der Waals surface area contributed by atoms with Crippen LogP contribution in [0.3, 0.4) is 0 Å². The Bertz CT molecular complexity index is 1490. The van der Waals surface area contributed by atoms with Crippen LogP contribution in [0.1, 0.15) is 62.3 Å². The van der Waals surface area contributed by atoms with Gasteiger partial charge in [0.2, 0.25) is 5.91 Å². The molecule has 0 radical (unpaired) electrons. The molecular weight excluding hydrogens is 470 g/mol. The summed E-state index contributed by atoms with van der Waals surface area (Å²) in [4.78, 5) is 31.5. The van der Waals surface area contributed by atoms with Gasteiger partial charge in [-0.05, 0) is 56.4 Å². The lowest BCUT2D eigenvalue weighted by Crippen LogP contribution is -2.27. The Morgan fingerprint density at radius 1 is 1.16 bits per heavy atom. The molecule has 0 saturated heterocycles. The van der Waals surface area contributed by atoms with Crippen molar-refractivity contribution in [2.24, 2.45) is 17.1 Å². The highest BCUT2D eigenvalue weighted by molar-refractivity contribution is 5.90. The fraction of sp³-hybridized carbons (Fsp3) is 0.429. The van der Waals surface area contributed by atoms with Crippen LogP contribution in [0.25, 0.3) is 28.1 Å². The van der Waals surface area contributed by atoms with Crippen LogP contribution in [0.2, 0.25) is 0 Å². The maximum absolute atomic E-state index is 11.5. The summed E-state index contributed by atoms with van der Waals surface area (Å²) in [5.41, 5.74) is 10.1. The van der Waals surface area contributed by atoms with E-state index in [1.807, 2.05) is 11.3 Å². The van der Waals surface area contributed by atoms with Gasteiger partial charge in [-0.3, -0.25) is 9.20 Å². The lowest BCUT2D eigenvalue weighted by atomic mass is 9.96. The fourth-order valence-corrected chi connectivity index (χ4v) is 4.10. The molecule has 0 atom stereocenters. The maximum atomic E-state index is 11.5. The van der Waals surface area contributed by atoms with Crippen LogP contribution in [0.15, 0.2) is 30.3 Å². The first-order chi connectivity index (χ1) is 17.4. The van der Waals surface area contributed by atoms with Crippen molar-refractivity contribution in [3.05, 3.63) is 47.3 Å². The van der Waals surface area contributed by atoms with Crippen LogP contribution in [0, 0.1) is 18.3 Å². The van der Waals surface area contributed by atoms with Gasteiger partial charge in [-0.25, -0.2) is 14.8 Å². The van der Waals surface area contributed by atoms with Crippen molar-refractivity contribution >= 4 is 28.6 Å². The average molecular weight is 506 g/mol. The molecule has 5 rings (SSSR count). The Morgan fingerprint density at radius 2 is 1.84 bits per heavy atom. The lowest BCUT2D eigenvalue weighted by Gasteiger charge is -2.10. The Morgan fingerprint density at radius 3 is 2.38 bits per heavy atom. The minimum Gasteiger partial charge on any atom is -0.482 e. The van der Waals surface area contributed by atoms with Crippen LogP contribution < -0.4 is 10.5 Å². The second-order valence-corrected chi connectivity index (χ2v) is 10.6. The van der Waals surface area contributed by atoms with E-state index in [2.05, 4.69) is 29.7 Å². The minimum absolute atomic E-state index is 0.156. The van der Waals surface area contributed by atoms with Crippen LogP contribution in [-0.4, -0.2) is 43.0 Å². The Hall–Kier alpha value is -3.88. The number of hydrogen-bond donors (Lipinski definition) is 2. The number of pyridine rings is 2. The normalized spacial score (nSPS) is 13.5. The van der Waals surface area contributed by atoms with Crippen molar-refractivity contribution in [1.29, 1.82) is 0 Å². The van der Waals surface area contributed by atoms with Crippen LogP contribution in [-0.2, 0) is 17.8 Å². The first-order valence-electron chi connectivity index (χ1n) is 12.5. The molecule has 4 aromatic rings. The molecule has 1 aliphatic carbocycles. The van der Waals surface area contributed by atoms with Gasteiger partial charge in [0, 0.05) is 29.1 Å². The zero-order valence-corrected chi connectivity index (χ0v) is 22.3. The van der Waals surface area contributed by atoms with Gasteiger partial charge in [-0.2, -0.15) is 0 Å². The van der Waals surface area contributed by atoms with E-state index in [9.17, 15) is 14.7 Å². The molecule has 1 amide bonds. The summed E-state index contributed by atoms with van der Waals surface area (Å²) >= 11 is 0. The zero-order valence-electron chi connectivity index (χ0n) is 22.3. The van der Waals surface area contributed by atoms with Gasteiger partial charge >= 0.3 is 5.97 Å². The Balaban J connectivity index is 0.000000405. The van der Waals surface area contributed by atoms with Crippen molar-refractivity contribution < 1.29 is 19.4 Å². The predicted octanol–water partition coefficient (Wildman–Crippen LogP) is 4.86. The standard InChI is InChI=1S/C23H24N4O3.C5H11NO/c1-4-17-8-7-15-9-18(26(22(15)24-17)12-14-5-6-14)21-13(2)27-19(25-21)10-16(23(28)29)11-20(27)30-3;1-5(2,3)4(6)7/h7-11,14H,4-6,12H2,1-3H3,(H,28,29);1-3H3,(H2,6,7). The van der Waals surface area contributed by atoms with Gasteiger partial charge < -0.3 is 20.1 Å². The fourth-order valence-electron chi connectivity index (χ4n) is 4.10. The van der Waals surface area contributed by atoms with Crippen molar-refractivity contribution in [2.45, 2.75) is 60.4 Å². The topological polar surface area (TPSA) is 125 Å². The number of carbonyl (C=O) groups is 2. The number of nitrogens with two attached hydrogens (primary N) is 1. The second kappa shape index (κ2) is 9.88. The van der Waals surface area contributed by atoms with Crippen molar-refractivity contribution in [3.8, 4) is 17.3 Å². The number of amides is 1. The number of ether oxygens (including phenoxy) is 1. The summed E-state index contributed by atoms with van der Waals surface area (Å²) in [6.45, 7) is 10.4. The van der Waals surface area contributed by atoms with Gasteiger partial charge in [0.05, 0.1) is 24.1 Å². The Kier molecular flexibility index (Phi) is 6.99. The molecule has 9 heteroatoms. The van der Waals surface area contributed by atoms with E-state index in [0.717, 1.165) is 46.8 Å². The lowest BCUT2D eigenvalue weighted by molar-refractivity contribution is -0.125. The van der Waals surface area contributed by atoms with E-state index in [4.69, 9.17) is 20.4 Å². The monoisotopic (exact) mass is 505 g/mol. The molecule has 3 N–H and O–H groups in total. The van der Waals surface area contributed by atoms with Crippen LogP contribution in [0.4, 0.5) is 0 Å². The first-order valence-corrected chi connectivity index (χ1v) is 12.5. The number of hydrogen-bond acceptors (Lipinski definition) is 5. The number of methoxy groups -OCH3 is 1. The summed E-state index contributed by atoms with van der Waals surface area (Å²) in [5, 5.41) is 10.5. The zero-order chi connectivity index (χ0) is 27.1. The third kappa shape index (κ3) is 5.30. The van der Waals surface area contributed by atoms with Gasteiger partial charge in [-0.1, -0.05) is 27.7 Å². The number of aromatic carboxylic acids is 1. The number of aryl methyl sites for hydroxylation is 2. The number of aromatic nitrogens is 4. The van der Waals surface area contributed by atoms with E-state index in [0.29, 0.717) is 17.4 Å². The summed E-state index contributed by atoms with van der Waals surface area (Å²) in [7, 11) is 1.54. The molecule has 0 bridgehead atoms. The number of primary amides is 1. The smallest absolute Gasteiger partial charge is 0.336 e. The summed E-state index contributed by atoms with van der Waals surface area (Å²) in [6, 6.07) is 9.46. The largest absolute Gasteiger partial charge is 0.482 e.